The van der Waals surface area contributed by atoms with E-state index in [4.69, 9.17) is 10.5 Å². The largest absolute Gasteiger partial charge is 0.307 e. The van der Waals surface area contributed by atoms with E-state index in [1.54, 1.807) is 36.4 Å². The van der Waals surface area contributed by atoms with Crippen LogP contribution in [-0.2, 0) is 0 Å². The molecule has 0 atom stereocenters. The normalized spacial score (nSPS) is 11.7. The van der Waals surface area contributed by atoms with Gasteiger partial charge in [0.2, 0.25) is 0 Å². The molecule has 0 saturated heterocycles. The van der Waals surface area contributed by atoms with Crippen LogP contribution in [0.15, 0.2) is 59.7 Å². The van der Waals surface area contributed by atoms with Crippen molar-refractivity contribution in [3.63, 3.8) is 0 Å². The standard InChI is InChI=1S/C20H15F2N3/c21-19-7-3-1-5-17(19)9-15(11-23)13-25-14-16(12-24)10-18-6-2-4-8-20(18)22/h1-10,25H,13-14H2/b15-9+,16-10+. The molecule has 0 aromatic heterocycles. The first-order valence-corrected chi connectivity index (χ1v) is 7.55. The number of nitrogens with zero attached hydrogens (tertiary/aromatic N) is 2. The van der Waals surface area contributed by atoms with Crippen molar-refractivity contribution in [3.05, 3.63) is 82.4 Å². The number of nitrogens with one attached hydrogen (secondary N) is 1. The summed E-state index contributed by atoms with van der Waals surface area (Å²) in [6.07, 6.45) is 2.91. The molecule has 3 nitrogen and oxygen atoms in total. The third-order valence-electron chi connectivity index (χ3n) is 3.39. The summed E-state index contributed by atoms with van der Waals surface area (Å²) in [5.74, 6) is -0.820. The maximum absolute atomic E-state index is 13.6. The highest BCUT2D eigenvalue weighted by Gasteiger charge is 2.04. The summed E-state index contributed by atoms with van der Waals surface area (Å²) in [7, 11) is 0. The molecule has 0 saturated carbocycles. The highest BCUT2D eigenvalue weighted by atomic mass is 19.1. The topological polar surface area (TPSA) is 59.6 Å². The van der Waals surface area contributed by atoms with Crippen LogP contribution >= 0.6 is 0 Å². The van der Waals surface area contributed by atoms with Crippen LogP contribution in [0.5, 0.6) is 0 Å². The minimum atomic E-state index is -0.410. The second kappa shape index (κ2) is 9.12. The minimum absolute atomic E-state index is 0.168. The molecular formula is C20H15F2N3. The van der Waals surface area contributed by atoms with Crippen LogP contribution in [0.2, 0.25) is 0 Å². The molecule has 2 aromatic carbocycles. The zero-order valence-electron chi connectivity index (χ0n) is 13.3. The van der Waals surface area contributed by atoms with Crippen LogP contribution in [0.25, 0.3) is 12.2 Å². The van der Waals surface area contributed by atoms with Crippen LogP contribution in [0, 0.1) is 34.3 Å². The maximum Gasteiger partial charge on any atom is 0.130 e. The molecule has 5 heteroatoms. The Morgan fingerprint density at radius 2 is 1.20 bits per heavy atom. The Hall–Kier alpha value is -3.28. The average Bonchev–Trinajstić information content (AvgIpc) is 2.63. The summed E-state index contributed by atoms with van der Waals surface area (Å²) < 4.78 is 27.2. The SMILES string of the molecule is N#C/C(=C\c1ccccc1F)CNC/C(C#N)=C/c1ccccc1F. The van der Waals surface area contributed by atoms with Crippen LogP contribution < -0.4 is 5.32 Å². The zero-order valence-corrected chi connectivity index (χ0v) is 13.3. The van der Waals surface area contributed by atoms with E-state index < -0.39 is 11.6 Å². The van der Waals surface area contributed by atoms with E-state index >= 15 is 0 Å². The van der Waals surface area contributed by atoms with Crippen molar-refractivity contribution in [1.82, 2.24) is 5.32 Å². The fraction of sp³-hybridized carbons (Fsp3) is 0.100. The van der Waals surface area contributed by atoms with E-state index in [9.17, 15) is 8.78 Å². The Morgan fingerprint density at radius 3 is 1.56 bits per heavy atom. The molecule has 124 valence electrons. The molecule has 0 unspecified atom stereocenters. The van der Waals surface area contributed by atoms with E-state index in [0.29, 0.717) is 22.3 Å². The monoisotopic (exact) mass is 335 g/mol. The number of hydrogen-bond donors (Lipinski definition) is 1. The first-order valence-electron chi connectivity index (χ1n) is 7.55. The van der Waals surface area contributed by atoms with Crippen LogP contribution in [0.4, 0.5) is 8.78 Å². The molecule has 0 aliphatic carbocycles. The molecule has 0 spiro atoms. The summed E-state index contributed by atoms with van der Waals surface area (Å²) in [6, 6.07) is 16.3. The lowest BCUT2D eigenvalue weighted by Crippen LogP contribution is -2.19. The fourth-order valence-corrected chi connectivity index (χ4v) is 2.14. The van der Waals surface area contributed by atoms with Gasteiger partial charge in [0.15, 0.2) is 0 Å². The number of rotatable bonds is 6. The van der Waals surface area contributed by atoms with Gasteiger partial charge in [0.25, 0.3) is 0 Å². The van der Waals surface area contributed by atoms with E-state index in [1.165, 1.54) is 24.3 Å². The Bertz CT molecular complexity index is 813. The minimum Gasteiger partial charge on any atom is -0.307 e. The fourth-order valence-electron chi connectivity index (χ4n) is 2.14. The molecule has 0 fully saturated rings. The molecule has 0 heterocycles. The van der Waals surface area contributed by atoms with Gasteiger partial charge in [-0.05, 0) is 24.3 Å². The summed E-state index contributed by atoms with van der Waals surface area (Å²) in [6.45, 7) is 0.336. The number of halogens is 2. The maximum atomic E-state index is 13.6. The van der Waals surface area contributed by atoms with E-state index in [0.717, 1.165) is 0 Å². The van der Waals surface area contributed by atoms with Gasteiger partial charge in [-0.25, -0.2) is 8.78 Å². The first-order chi connectivity index (χ1) is 12.1. The smallest absolute Gasteiger partial charge is 0.130 e. The van der Waals surface area contributed by atoms with Crippen molar-refractivity contribution in [2.24, 2.45) is 0 Å². The van der Waals surface area contributed by atoms with Gasteiger partial charge in [0.1, 0.15) is 11.6 Å². The van der Waals surface area contributed by atoms with Gasteiger partial charge in [0.05, 0.1) is 12.1 Å². The Balaban J connectivity index is 2.03. The van der Waals surface area contributed by atoms with Crippen LogP contribution in [0.1, 0.15) is 11.1 Å². The van der Waals surface area contributed by atoms with Gasteiger partial charge in [-0.2, -0.15) is 10.5 Å². The van der Waals surface area contributed by atoms with E-state index in [-0.39, 0.29) is 13.1 Å². The third-order valence-corrected chi connectivity index (χ3v) is 3.39. The average molecular weight is 335 g/mol. The quantitative estimate of drug-likeness (QED) is 0.810. The molecule has 25 heavy (non-hydrogen) atoms. The van der Waals surface area contributed by atoms with E-state index in [1.807, 2.05) is 12.1 Å². The Kier molecular flexibility index (Phi) is 6.59. The number of hydrogen-bond acceptors (Lipinski definition) is 3. The molecule has 2 aromatic rings. The molecule has 0 aliphatic rings. The van der Waals surface area contributed by atoms with Crippen LogP contribution in [-0.4, -0.2) is 13.1 Å². The second-order valence-corrected chi connectivity index (χ2v) is 5.21. The summed E-state index contributed by atoms with van der Waals surface area (Å²) in [5, 5.41) is 21.3. The van der Waals surface area contributed by atoms with Gasteiger partial charge < -0.3 is 5.32 Å². The van der Waals surface area contributed by atoms with Crippen molar-refractivity contribution in [1.29, 1.82) is 10.5 Å². The molecule has 0 bridgehead atoms. The number of benzene rings is 2. The lowest BCUT2D eigenvalue weighted by atomic mass is 10.1. The predicted octanol–water partition coefficient (Wildman–Crippen LogP) is 4.07. The lowest BCUT2D eigenvalue weighted by Gasteiger charge is -2.04. The van der Waals surface area contributed by atoms with Gasteiger partial charge in [-0.1, -0.05) is 36.4 Å². The molecule has 0 amide bonds. The highest BCUT2D eigenvalue weighted by molar-refractivity contribution is 5.59. The van der Waals surface area contributed by atoms with Crippen molar-refractivity contribution in [3.8, 4) is 12.1 Å². The summed E-state index contributed by atoms with van der Waals surface area (Å²) in [5.41, 5.74) is 1.30. The van der Waals surface area contributed by atoms with Crippen molar-refractivity contribution >= 4 is 12.2 Å². The summed E-state index contributed by atoms with van der Waals surface area (Å²) in [4.78, 5) is 0. The molecular weight excluding hydrogens is 320 g/mol. The van der Waals surface area contributed by atoms with E-state index in [2.05, 4.69) is 5.32 Å². The highest BCUT2D eigenvalue weighted by Crippen LogP contribution is 2.12. The Morgan fingerprint density at radius 1 is 0.800 bits per heavy atom. The van der Waals surface area contributed by atoms with Gasteiger partial charge in [0, 0.05) is 35.4 Å². The number of nitriles is 2. The molecule has 0 radical (unpaired) electrons. The second-order valence-electron chi connectivity index (χ2n) is 5.21. The van der Waals surface area contributed by atoms with Crippen molar-refractivity contribution in [2.45, 2.75) is 0 Å². The van der Waals surface area contributed by atoms with Crippen LogP contribution in [0.3, 0.4) is 0 Å². The molecule has 1 N–H and O–H groups in total. The predicted molar refractivity (Wildman–Crippen MR) is 92.8 cm³/mol. The third kappa shape index (κ3) is 5.39. The lowest BCUT2D eigenvalue weighted by molar-refractivity contribution is 0.624. The van der Waals surface area contributed by atoms with Crippen molar-refractivity contribution < 1.29 is 8.78 Å². The van der Waals surface area contributed by atoms with Gasteiger partial charge >= 0.3 is 0 Å². The molecule has 0 aliphatic heterocycles. The van der Waals surface area contributed by atoms with Gasteiger partial charge in [-0.3, -0.25) is 0 Å². The first kappa shape index (κ1) is 18.1. The Labute approximate surface area is 145 Å². The van der Waals surface area contributed by atoms with Gasteiger partial charge in [-0.15, -0.1) is 0 Å². The molecule has 2 rings (SSSR count). The zero-order chi connectivity index (χ0) is 18.1. The summed E-state index contributed by atoms with van der Waals surface area (Å²) >= 11 is 0. The van der Waals surface area contributed by atoms with Crippen molar-refractivity contribution in [2.75, 3.05) is 13.1 Å².